The van der Waals surface area contributed by atoms with Crippen LogP contribution in [-0.2, 0) is 16.5 Å². The van der Waals surface area contributed by atoms with Crippen LogP contribution in [0.3, 0.4) is 0 Å². The summed E-state index contributed by atoms with van der Waals surface area (Å²) >= 11 is 0. The lowest BCUT2D eigenvalue weighted by molar-refractivity contribution is -0.141. The van der Waals surface area contributed by atoms with E-state index in [4.69, 9.17) is 0 Å². The van der Waals surface area contributed by atoms with Crippen molar-refractivity contribution in [2.45, 2.75) is 49.9 Å². The Morgan fingerprint density at radius 1 is 1.05 bits per heavy atom. The van der Waals surface area contributed by atoms with Gasteiger partial charge in [0.2, 0.25) is 5.91 Å². The van der Waals surface area contributed by atoms with Gasteiger partial charge in [-0.05, 0) is 63.9 Å². The van der Waals surface area contributed by atoms with Crippen molar-refractivity contribution < 1.29 is 22.8 Å². The number of rotatable bonds is 5. The zero-order chi connectivity index (χ0) is 27.2. The lowest BCUT2D eigenvalue weighted by atomic mass is 9.68. The molecule has 1 aliphatic heterocycles. The summed E-state index contributed by atoms with van der Waals surface area (Å²) in [5.74, 6) is -0.204. The average Bonchev–Trinajstić information content (AvgIpc) is 3.10. The van der Waals surface area contributed by atoms with Gasteiger partial charge in [0.15, 0.2) is 0 Å². The first-order chi connectivity index (χ1) is 17.3. The van der Waals surface area contributed by atoms with Crippen LogP contribution in [0.25, 0.3) is 0 Å². The number of likely N-dealkylation sites (N-methyl/N-ethyl adjacent to an activating group) is 1. The molecule has 1 saturated heterocycles. The Kier molecular flexibility index (Phi) is 7.00. The number of nitrogens with zero attached hydrogens (tertiary/aromatic N) is 5. The van der Waals surface area contributed by atoms with E-state index in [1.54, 1.807) is 25.9 Å². The summed E-state index contributed by atoms with van der Waals surface area (Å²) in [5, 5.41) is 0. The molecule has 10 heteroatoms. The molecule has 3 amide bonds. The molecule has 1 spiro atoms. The minimum absolute atomic E-state index is 0.0876. The predicted molar refractivity (Wildman–Crippen MR) is 135 cm³/mol. The zero-order valence-electron chi connectivity index (χ0n) is 22.0. The standard InChI is InChI=1S/C27H34F3N5O2/c1-19-15-22(27(28,29)30)31-16-21(19)34-18-25(35(24(34)37)17-23(36)32(2)3)11-13-26(14-12-25,33(4)5)20-9-7-6-8-10-20/h6-10,15-16H,11-14,17-18H2,1-5H3/t25-,26-. The fraction of sp³-hybridized carbons (Fsp3) is 0.519. The summed E-state index contributed by atoms with van der Waals surface area (Å²) in [5.41, 5.74) is 0.0258. The maximum atomic E-state index is 13.8. The molecule has 2 heterocycles. The Hall–Kier alpha value is -3.14. The van der Waals surface area contributed by atoms with Gasteiger partial charge >= 0.3 is 12.2 Å². The smallest absolute Gasteiger partial charge is 0.347 e. The summed E-state index contributed by atoms with van der Waals surface area (Å²) < 4.78 is 39.6. The molecule has 1 aliphatic carbocycles. The van der Waals surface area contributed by atoms with Crippen LogP contribution in [0.15, 0.2) is 42.6 Å². The number of benzene rings is 1. The molecule has 1 aromatic heterocycles. The summed E-state index contributed by atoms with van der Waals surface area (Å²) in [7, 11) is 7.40. The maximum absolute atomic E-state index is 13.8. The molecule has 200 valence electrons. The number of hydrogen-bond acceptors (Lipinski definition) is 4. The lowest BCUT2D eigenvalue weighted by Gasteiger charge is -2.51. The molecular weight excluding hydrogens is 483 g/mol. The second-order valence-corrected chi connectivity index (χ2v) is 10.6. The van der Waals surface area contributed by atoms with Crippen molar-refractivity contribution in [2.75, 3.05) is 46.2 Å². The molecule has 0 radical (unpaired) electrons. The van der Waals surface area contributed by atoms with Gasteiger partial charge in [-0.1, -0.05) is 30.3 Å². The summed E-state index contributed by atoms with van der Waals surface area (Å²) in [6.45, 7) is 1.75. The van der Waals surface area contributed by atoms with Gasteiger partial charge in [-0.15, -0.1) is 0 Å². The molecule has 0 unspecified atom stereocenters. The second-order valence-electron chi connectivity index (χ2n) is 10.6. The van der Waals surface area contributed by atoms with Crippen LogP contribution >= 0.6 is 0 Å². The molecule has 2 fully saturated rings. The third-order valence-electron chi connectivity index (χ3n) is 8.12. The molecule has 1 aromatic carbocycles. The van der Waals surface area contributed by atoms with Crippen LogP contribution in [0.4, 0.5) is 23.7 Å². The largest absolute Gasteiger partial charge is 0.433 e. The Bertz CT molecular complexity index is 1160. The number of carbonyl (C=O) groups excluding carboxylic acids is 2. The van der Waals surface area contributed by atoms with Gasteiger partial charge in [-0.3, -0.25) is 14.6 Å². The number of halogens is 3. The molecule has 37 heavy (non-hydrogen) atoms. The summed E-state index contributed by atoms with van der Waals surface area (Å²) in [6.07, 6.45) is -0.617. The van der Waals surface area contributed by atoms with Gasteiger partial charge < -0.3 is 9.80 Å². The van der Waals surface area contributed by atoms with Crippen LogP contribution in [0.2, 0.25) is 0 Å². The topological polar surface area (TPSA) is 60.0 Å². The van der Waals surface area contributed by atoms with Crippen molar-refractivity contribution in [1.29, 1.82) is 0 Å². The fourth-order valence-electron chi connectivity index (χ4n) is 5.78. The van der Waals surface area contributed by atoms with E-state index in [-0.39, 0.29) is 24.0 Å². The van der Waals surface area contributed by atoms with Crippen molar-refractivity contribution in [1.82, 2.24) is 19.7 Å². The van der Waals surface area contributed by atoms with E-state index in [9.17, 15) is 22.8 Å². The third kappa shape index (κ3) is 4.79. The number of pyridine rings is 1. The first-order valence-corrected chi connectivity index (χ1v) is 12.4. The number of carbonyl (C=O) groups is 2. The normalized spacial score (nSPS) is 24.3. The van der Waals surface area contributed by atoms with Crippen molar-refractivity contribution in [2.24, 2.45) is 0 Å². The number of amides is 3. The van der Waals surface area contributed by atoms with Crippen molar-refractivity contribution >= 4 is 17.6 Å². The Morgan fingerprint density at radius 2 is 1.68 bits per heavy atom. The highest BCUT2D eigenvalue weighted by Crippen LogP contribution is 2.49. The predicted octanol–water partition coefficient (Wildman–Crippen LogP) is 4.51. The third-order valence-corrected chi connectivity index (χ3v) is 8.12. The highest BCUT2D eigenvalue weighted by Gasteiger charge is 2.55. The van der Waals surface area contributed by atoms with Crippen molar-refractivity contribution in [3.63, 3.8) is 0 Å². The van der Waals surface area contributed by atoms with Gasteiger partial charge in [-0.2, -0.15) is 13.2 Å². The quantitative estimate of drug-likeness (QED) is 0.586. The van der Waals surface area contributed by atoms with Gasteiger partial charge in [0.05, 0.1) is 24.0 Å². The van der Waals surface area contributed by atoms with Gasteiger partial charge in [-0.25, -0.2) is 9.78 Å². The number of aryl methyl sites for hydroxylation is 1. The van der Waals surface area contributed by atoms with E-state index >= 15 is 0 Å². The molecule has 1 saturated carbocycles. The number of hydrogen-bond donors (Lipinski definition) is 0. The van der Waals surface area contributed by atoms with Crippen molar-refractivity contribution in [3.05, 3.63) is 59.4 Å². The fourth-order valence-corrected chi connectivity index (χ4v) is 5.78. The van der Waals surface area contributed by atoms with Gasteiger partial charge in [0.25, 0.3) is 0 Å². The minimum Gasteiger partial charge on any atom is -0.347 e. The highest BCUT2D eigenvalue weighted by molar-refractivity contribution is 5.98. The van der Waals surface area contributed by atoms with E-state index in [0.29, 0.717) is 30.6 Å². The second kappa shape index (κ2) is 9.63. The van der Waals surface area contributed by atoms with Gasteiger partial charge in [0.1, 0.15) is 12.2 Å². The summed E-state index contributed by atoms with van der Waals surface area (Å²) in [6, 6.07) is 10.9. The first kappa shape index (κ1) is 26.9. The SMILES string of the molecule is Cc1cc(C(F)(F)F)ncc1N1C[C@]2(CC[C@@](c3ccccc3)(N(C)C)CC2)N(CC(=O)N(C)C)C1=O. The highest BCUT2D eigenvalue weighted by atomic mass is 19.4. The van der Waals surface area contributed by atoms with Crippen LogP contribution in [-0.4, -0.2) is 78.4 Å². The number of urea groups is 1. The molecule has 7 nitrogen and oxygen atoms in total. The Balaban J connectivity index is 1.69. The Labute approximate surface area is 215 Å². The molecule has 2 aromatic rings. The summed E-state index contributed by atoms with van der Waals surface area (Å²) in [4.78, 5) is 36.9. The number of anilines is 1. The van der Waals surface area contributed by atoms with Crippen LogP contribution in [0, 0.1) is 6.92 Å². The van der Waals surface area contributed by atoms with E-state index in [2.05, 4.69) is 36.1 Å². The van der Waals surface area contributed by atoms with Crippen LogP contribution in [0.1, 0.15) is 42.5 Å². The van der Waals surface area contributed by atoms with Crippen molar-refractivity contribution in [3.8, 4) is 0 Å². The molecular formula is C27H34F3N5O2. The molecule has 0 N–H and O–H groups in total. The molecule has 2 aliphatic rings. The van der Waals surface area contributed by atoms with E-state index in [0.717, 1.165) is 25.1 Å². The minimum atomic E-state index is -4.57. The zero-order valence-corrected chi connectivity index (χ0v) is 22.0. The van der Waals surface area contributed by atoms with Crippen LogP contribution < -0.4 is 4.90 Å². The monoisotopic (exact) mass is 517 g/mol. The van der Waals surface area contributed by atoms with Gasteiger partial charge in [0, 0.05) is 19.6 Å². The molecule has 0 bridgehead atoms. The lowest BCUT2D eigenvalue weighted by Crippen LogP contribution is -2.57. The first-order valence-electron chi connectivity index (χ1n) is 12.4. The van der Waals surface area contributed by atoms with E-state index < -0.39 is 17.4 Å². The average molecular weight is 518 g/mol. The maximum Gasteiger partial charge on any atom is 0.433 e. The molecule has 4 rings (SSSR count). The number of aromatic nitrogens is 1. The Morgan fingerprint density at radius 3 is 2.19 bits per heavy atom. The van der Waals surface area contributed by atoms with E-state index in [1.807, 2.05) is 18.2 Å². The molecule has 0 atom stereocenters. The number of alkyl halides is 3. The van der Waals surface area contributed by atoms with E-state index in [1.165, 1.54) is 15.4 Å². The van der Waals surface area contributed by atoms with Crippen LogP contribution in [0.5, 0.6) is 0 Å².